The van der Waals surface area contributed by atoms with Gasteiger partial charge in [-0.25, -0.2) is 5.43 Å². The average Bonchev–Trinajstić information content (AvgIpc) is 3.24. The summed E-state index contributed by atoms with van der Waals surface area (Å²) in [6.07, 6.45) is 0. The zero-order valence-electron chi connectivity index (χ0n) is 17.8. The fourth-order valence-electron chi connectivity index (χ4n) is 2.85. The zero-order chi connectivity index (χ0) is 23.1. The number of rotatable bonds is 9. The van der Waals surface area contributed by atoms with Crippen LogP contribution in [0, 0.1) is 10.1 Å². The monoisotopic (exact) mass is 454 g/mol. The van der Waals surface area contributed by atoms with Gasteiger partial charge in [0.1, 0.15) is 5.75 Å². The predicted molar refractivity (Wildman–Crippen MR) is 122 cm³/mol. The third-order valence-corrected chi connectivity index (χ3v) is 5.50. The van der Waals surface area contributed by atoms with E-state index in [1.165, 1.54) is 23.9 Å². The first kappa shape index (κ1) is 22.9. The Hall–Kier alpha value is -3.73. The molecule has 3 aromatic rings. The average molecular weight is 455 g/mol. The number of nitrogens with one attached hydrogen (secondary N) is 1. The minimum Gasteiger partial charge on any atom is -0.497 e. The van der Waals surface area contributed by atoms with Gasteiger partial charge in [0, 0.05) is 29.8 Å². The lowest BCUT2D eigenvalue weighted by atomic mass is 10.1. The molecule has 166 valence electrons. The van der Waals surface area contributed by atoms with E-state index in [-0.39, 0.29) is 17.3 Å². The van der Waals surface area contributed by atoms with E-state index >= 15 is 0 Å². The van der Waals surface area contributed by atoms with Crippen molar-refractivity contribution in [1.29, 1.82) is 0 Å². The van der Waals surface area contributed by atoms with Gasteiger partial charge < -0.3 is 9.30 Å². The first-order valence-corrected chi connectivity index (χ1v) is 10.7. The molecule has 2 aromatic carbocycles. The van der Waals surface area contributed by atoms with E-state index in [1.807, 2.05) is 35.8 Å². The molecule has 3 rings (SSSR count). The van der Waals surface area contributed by atoms with Gasteiger partial charge in [0.15, 0.2) is 11.0 Å². The van der Waals surface area contributed by atoms with Crippen LogP contribution in [0.5, 0.6) is 5.75 Å². The molecule has 0 aliphatic carbocycles. The Morgan fingerprint density at radius 2 is 2.00 bits per heavy atom. The fraction of sp³-hybridized carbons (Fsp3) is 0.238. The fourth-order valence-corrected chi connectivity index (χ4v) is 3.65. The number of carbonyl (C=O) groups is 1. The second kappa shape index (κ2) is 10.5. The van der Waals surface area contributed by atoms with Gasteiger partial charge in [-0.2, -0.15) is 5.10 Å². The van der Waals surface area contributed by atoms with Crippen molar-refractivity contribution in [3.05, 3.63) is 64.2 Å². The van der Waals surface area contributed by atoms with E-state index in [0.717, 1.165) is 11.3 Å². The van der Waals surface area contributed by atoms with Gasteiger partial charge in [-0.1, -0.05) is 23.9 Å². The maximum Gasteiger partial charge on any atom is 0.270 e. The molecule has 1 heterocycles. The number of ether oxygens (including phenoxy) is 1. The van der Waals surface area contributed by atoms with Crippen molar-refractivity contribution in [2.75, 3.05) is 12.9 Å². The molecule has 0 aliphatic heterocycles. The van der Waals surface area contributed by atoms with Crippen molar-refractivity contribution in [3.63, 3.8) is 0 Å². The van der Waals surface area contributed by atoms with Crippen molar-refractivity contribution >= 4 is 29.1 Å². The summed E-state index contributed by atoms with van der Waals surface area (Å²) in [6, 6.07) is 13.6. The summed E-state index contributed by atoms with van der Waals surface area (Å²) in [5.74, 6) is 1.23. The minimum atomic E-state index is -0.476. The molecule has 0 unspecified atom stereocenters. The number of aromatic nitrogens is 3. The molecule has 0 atom stereocenters. The van der Waals surface area contributed by atoms with E-state index in [1.54, 1.807) is 26.2 Å². The molecule has 1 aromatic heterocycles. The molecule has 0 spiro atoms. The van der Waals surface area contributed by atoms with Gasteiger partial charge in [0.2, 0.25) is 0 Å². The van der Waals surface area contributed by atoms with Crippen molar-refractivity contribution in [3.8, 4) is 17.1 Å². The molecule has 10 nitrogen and oxygen atoms in total. The van der Waals surface area contributed by atoms with Crippen LogP contribution in [0.1, 0.15) is 19.4 Å². The summed E-state index contributed by atoms with van der Waals surface area (Å²) >= 11 is 1.25. The van der Waals surface area contributed by atoms with Gasteiger partial charge in [0.05, 0.1) is 23.5 Å². The summed E-state index contributed by atoms with van der Waals surface area (Å²) in [5.41, 5.74) is 4.36. The molecular formula is C21H22N6O4S. The number of non-ortho nitro benzene ring substituents is 1. The molecule has 0 aliphatic rings. The van der Waals surface area contributed by atoms with Crippen molar-refractivity contribution in [2.24, 2.45) is 5.10 Å². The minimum absolute atomic E-state index is 0.0366. The summed E-state index contributed by atoms with van der Waals surface area (Å²) in [4.78, 5) is 22.7. The van der Waals surface area contributed by atoms with Crippen LogP contribution in [-0.2, 0) is 11.3 Å². The number of hydrazone groups is 1. The van der Waals surface area contributed by atoms with Gasteiger partial charge in [-0.05, 0) is 38.1 Å². The summed E-state index contributed by atoms with van der Waals surface area (Å²) in [5, 5.41) is 24.0. The lowest BCUT2D eigenvalue weighted by Gasteiger charge is -2.08. The normalized spacial score (nSPS) is 11.3. The Morgan fingerprint density at radius 1 is 1.25 bits per heavy atom. The van der Waals surface area contributed by atoms with Gasteiger partial charge in [-0.15, -0.1) is 10.2 Å². The van der Waals surface area contributed by atoms with E-state index < -0.39 is 4.92 Å². The lowest BCUT2D eigenvalue weighted by Crippen LogP contribution is -2.21. The van der Waals surface area contributed by atoms with Crippen LogP contribution in [0.2, 0.25) is 0 Å². The first-order valence-electron chi connectivity index (χ1n) is 9.71. The van der Waals surface area contributed by atoms with Crippen LogP contribution in [0.25, 0.3) is 11.4 Å². The maximum atomic E-state index is 12.3. The Labute approximate surface area is 188 Å². The Kier molecular flexibility index (Phi) is 7.55. The van der Waals surface area contributed by atoms with Crippen LogP contribution >= 0.6 is 11.8 Å². The maximum absolute atomic E-state index is 12.3. The molecule has 0 saturated heterocycles. The molecule has 0 saturated carbocycles. The molecule has 1 amide bonds. The summed E-state index contributed by atoms with van der Waals surface area (Å²) in [7, 11) is 1.61. The molecule has 0 bridgehead atoms. The number of nitro groups is 1. The Bertz CT molecular complexity index is 1140. The summed E-state index contributed by atoms with van der Waals surface area (Å²) < 4.78 is 7.11. The summed E-state index contributed by atoms with van der Waals surface area (Å²) in [6.45, 7) is 4.29. The second-order valence-corrected chi connectivity index (χ2v) is 7.55. The number of hydrogen-bond donors (Lipinski definition) is 1. The topological polar surface area (TPSA) is 125 Å². The molecule has 11 heteroatoms. The third kappa shape index (κ3) is 5.49. The van der Waals surface area contributed by atoms with Crippen molar-refractivity contribution in [1.82, 2.24) is 20.2 Å². The largest absolute Gasteiger partial charge is 0.497 e. The number of benzene rings is 2. The van der Waals surface area contributed by atoms with E-state index in [2.05, 4.69) is 20.7 Å². The number of carbonyl (C=O) groups excluding carboxylic acids is 1. The smallest absolute Gasteiger partial charge is 0.270 e. The third-order valence-electron chi connectivity index (χ3n) is 4.54. The van der Waals surface area contributed by atoms with Gasteiger partial charge in [-0.3, -0.25) is 14.9 Å². The molecule has 0 fully saturated rings. The van der Waals surface area contributed by atoms with Crippen molar-refractivity contribution < 1.29 is 14.5 Å². The molecular weight excluding hydrogens is 432 g/mol. The standard InChI is InChI=1S/C21H22N6O4S/c1-4-26-20(15-8-10-18(31-3)11-9-15)24-25-21(26)32-13-19(28)23-22-14(2)16-6-5-7-17(12-16)27(29)30/h5-12H,4,13H2,1-3H3,(H,23,28). The van der Waals surface area contributed by atoms with Crippen LogP contribution in [0.3, 0.4) is 0 Å². The van der Waals surface area contributed by atoms with E-state index in [9.17, 15) is 14.9 Å². The number of thioether (sulfide) groups is 1. The van der Waals surface area contributed by atoms with Gasteiger partial charge >= 0.3 is 0 Å². The first-order chi connectivity index (χ1) is 15.4. The number of hydrogen-bond acceptors (Lipinski definition) is 8. The second-order valence-electron chi connectivity index (χ2n) is 6.61. The van der Waals surface area contributed by atoms with Gasteiger partial charge in [0.25, 0.3) is 11.6 Å². The predicted octanol–water partition coefficient (Wildman–Crippen LogP) is 3.51. The van der Waals surface area contributed by atoms with Crippen LogP contribution in [-0.4, -0.2) is 44.2 Å². The highest BCUT2D eigenvalue weighted by atomic mass is 32.2. The number of nitro benzene ring substituents is 1. The molecule has 0 radical (unpaired) electrons. The highest BCUT2D eigenvalue weighted by Gasteiger charge is 2.15. The number of methoxy groups -OCH3 is 1. The van der Waals surface area contributed by atoms with E-state index in [0.29, 0.717) is 28.8 Å². The van der Waals surface area contributed by atoms with Crippen molar-refractivity contribution in [2.45, 2.75) is 25.5 Å². The van der Waals surface area contributed by atoms with E-state index in [4.69, 9.17) is 4.74 Å². The quantitative estimate of drug-likeness (QED) is 0.227. The SMILES string of the molecule is CCn1c(SCC(=O)NN=C(C)c2cccc([N+](=O)[O-])c2)nnc1-c1ccc(OC)cc1. The Balaban J connectivity index is 1.63. The lowest BCUT2D eigenvalue weighted by molar-refractivity contribution is -0.384. The highest BCUT2D eigenvalue weighted by Crippen LogP contribution is 2.25. The zero-order valence-corrected chi connectivity index (χ0v) is 18.6. The molecule has 1 N–H and O–H groups in total. The molecule has 32 heavy (non-hydrogen) atoms. The Morgan fingerprint density at radius 3 is 2.66 bits per heavy atom. The van der Waals surface area contributed by atoms with Crippen LogP contribution < -0.4 is 10.2 Å². The number of amides is 1. The van der Waals surface area contributed by atoms with Crippen LogP contribution in [0.4, 0.5) is 5.69 Å². The van der Waals surface area contributed by atoms with Crippen LogP contribution in [0.15, 0.2) is 58.8 Å². The highest BCUT2D eigenvalue weighted by molar-refractivity contribution is 7.99. The number of nitrogens with zero attached hydrogens (tertiary/aromatic N) is 5.